The third-order valence-corrected chi connectivity index (χ3v) is 2.98. The van der Waals surface area contributed by atoms with Crippen LogP contribution in [0.15, 0.2) is 0 Å². The van der Waals surface area contributed by atoms with Crippen LogP contribution in [0.2, 0.25) is 0 Å². The number of rotatable bonds is 0. The van der Waals surface area contributed by atoms with Crippen molar-refractivity contribution in [3.05, 3.63) is 0 Å². The van der Waals surface area contributed by atoms with Crippen molar-refractivity contribution in [3.63, 3.8) is 0 Å². The monoisotopic (exact) mass is 155 g/mol. The number of likely N-dealkylation sites (N-methyl/N-ethyl adjacent to an activating group) is 1. The van der Waals surface area contributed by atoms with E-state index in [2.05, 4.69) is 16.8 Å². The Morgan fingerprint density at radius 2 is 2.09 bits per heavy atom. The van der Waals surface area contributed by atoms with Gasteiger partial charge in [0.15, 0.2) is 0 Å². The van der Waals surface area contributed by atoms with Gasteiger partial charge in [0.05, 0.1) is 0 Å². The predicted octanol–water partition coefficient (Wildman–Crippen LogP) is -0.667. The molecule has 2 fully saturated rings. The minimum absolute atomic E-state index is 0.428. The summed E-state index contributed by atoms with van der Waals surface area (Å²) >= 11 is 0. The zero-order chi connectivity index (χ0) is 7.84. The van der Waals surface area contributed by atoms with E-state index in [9.17, 15) is 0 Å². The molecule has 0 bridgehead atoms. The summed E-state index contributed by atoms with van der Waals surface area (Å²) < 4.78 is 0. The zero-order valence-corrected chi connectivity index (χ0v) is 7.16. The lowest BCUT2D eigenvalue weighted by Gasteiger charge is -2.36. The standard InChI is InChI=1S/C8H17N3/c1-10-4-5-11-3-2-7(9)8(11)6-10/h7-8H,2-6,9H2,1H3. The van der Waals surface area contributed by atoms with Crippen molar-refractivity contribution in [2.24, 2.45) is 5.73 Å². The van der Waals surface area contributed by atoms with Crippen LogP contribution in [0.25, 0.3) is 0 Å². The van der Waals surface area contributed by atoms with Crippen LogP contribution in [-0.2, 0) is 0 Å². The number of nitrogens with two attached hydrogens (primary N) is 1. The van der Waals surface area contributed by atoms with Crippen LogP contribution in [0.5, 0.6) is 0 Å². The molecule has 2 saturated heterocycles. The molecule has 2 rings (SSSR count). The van der Waals surface area contributed by atoms with Gasteiger partial charge in [-0.25, -0.2) is 0 Å². The molecule has 0 aromatic heterocycles. The average molecular weight is 155 g/mol. The Hall–Kier alpha value is -0.120. The van der Waals surface area contributed by atoms with Crippen LogP contribution in [0.4, 0.5) is 0 Å². The lowest BCUT2D eigenvalue weighted by molar-refractivity contribution is 0.118. The molecule has 0 saturated carbocycles. The second-order valence-corrected chi connectivity index (χ2v) is 3.82. The van der Waals surface area contributed by atoms with Gasteiger partial charge in [-0.2, -0.15) is 0 Å². The van der Waals surface area contributed by atoms with Gasteiger partial charge in [0.2, 0.25) is 0 Å². The third-order valence-electron chi connectivity index (χ3n) is 2.98. The highest BCUT2D eigenvalue weighted by atomic mass is 15.3. The normalized spacial score (nSPS) is 40.9. The molecule has 0 aliphatic carbocycles. The Kier molecular flexibility index (Phi) is 1.87. The summed E-state index contributed by atoms with van der Waals surface area (Å²) in [6, 6.07) is 1.08. The zero-order valence-electron chi connectivity index (χ0n) is 7.16. The van der Waals surface area contributed by atoms with Gasteiger partial charge in [-0.1, -0.05) is 0 Å². The van der Waals surface area contributed by atoms with Crippen molar-refractivity contribution in [2.45, 2.75) is 18.5 Å². The number of nitrogens with zero attached hydrogens (tertiary/aromatic N) is 2. The van der Waals surface area contributed by atoms with Gasteiger partial charge in [-0.05, 0) is 13.5 Å². The maximum Gasteiger partial charge on any atom is 0.0375 e. The van der Waals surface area contributed by atoms with Gasteiger partial charge in [0.25, 0.3) is 0 Å². The summed E-state index contributed by atoms with van der Waals surface area (Å²) in [7, 11) is 2.18. The smallest absolute Gasteiger partial charge is 0.0375 e. The molecule has 64 valence electrons. The molecular formula is C8H17N3. The fraction of sp³-hybridized carbons (Fsp3) is 1.00. The summed E-state index contributed by atoms with van der Waals surface area (Å²) in [6.45, 7) is 4.82. The highest BCUT2D eigenvalue weighted by molar-refractivity contribution is 4.94. The van der Waals surface area contributed by atoms with Gasteiger partial charge < -0.3 is 10.6 Å². The first-order valence-corrected chi connectivity index (χ1v) is 4.45. The van der Waals surface area contributed by atoms with Gasteiger partial charge in [-0.15, -0.1) is 0 Å². The van der Waals surface area contributed by atoms with E-state index in [1.54, 1.807) is 0 Å². The molecule has 0 amide bonds. The predicted molar refractivity (Wildman–Crippen MR) is 45.5 cm³/mol. The summed E-state index contributed by atoms with van der Waals surface area (Å²) in [5.74, 6) is 0. The molecule has 2 aliphatic rings. The van der Waals surface area contributed by atoms with Crippen molar-refractivity contribution in [1.82, 2.24) is 9.80 Å². The van der Waals surface area contributed by atoms with E-state index < -0.39 is 0 Å². The van der Waals surface area contributed by atoms with Crippen LogP contribution in [0.1, 0.15) is 6.42 Å². The van der Waals surface area contributed by atoms with E-state index in [1.807, 2.05) is 0 Å². The molecule has 11 heavy (non-hydrogen) atoms. The second-order valence-electron chi connectivity index (χ2n) is 3.82. The molecule has 2 heterocycles. The SMILES string of the molecule is CN1CCN2CCC(N)C2C1. The van der Waals surface area contributed by atoms with Crippen molar-refractivity contribution >= 4 is 0 Å². The third kappa shape index (κ3) is 1.28. The molecule has 3 heteroatoms. The maximum absolute atomic E-state index is 5.98. The minimum atomic E-state index is 0.428. The molecule has 2 aliphatic heterocycles. The molecule has 2 atom stereocenters. The summed E-state index contributed by atoms with van der Waals surface area (Å²) in [6.07, 6.45) is 1.19. The average Bonchev–Trinajstić information content (AvgIpc) is 2.33. The van der Waals surface area contributed by atoms with Crippen LogP contribution in [-0.4, -0.2) is 55.1 Å². The van der Waals surface area contributed by atoms with Gasteiger partial charge in [0.1, 0.15) is 0 Å². The summed E-state index contributed by atoms with van der Waals surface area (Å²) in [5.41, 5.74) is 5.98. The van der Waals surface area contributed by atoms with Crippen LogP contribution in [0, 0.1) is 0 Å². The van der Waals surface area contributed by atoms with Crippen LogP contribution >= 0.6 is 0 Å². The topological polar surface area (TPSA) is 32.5 Å². The molecule has 2 unspecified atom stereocenters. The number of piperazine rings is 1. The first-order chi connectivity index (χ1) is 5.27. The first-order valence-electron chi connectivity index (χ1n) is 4.45. The number of fused-ring (bicyclic) bond motifs is 1. The Balaban J connectivity index is 2.01. The van der Waals surface area contributed by atoms with E-state index >= 15 is 0 Å². The van der Waals surface area contributed by atoms with Gasteiger partial charge >= 0.3 is 0 Å². The van der Waals surface area contributed by atoms with E-state index in [0.29, 0.717) is 12.1 Å². The van der Waals surface area contributed by atoms with Crippen molar-refractivity contribution in [3.8, 4) is 0 Å². The van der Waals surface area contributed by atoms with E-state index in [1.165, 1.54) is 32.6 Å². The van der Waals surface area contributed by atoms with Gasteiger partial charge in [-0.3, -0.25) is 4.90 Å². The Morgan fingerprint density at radius 3 is 2.91 bits per heavy atom. The summed E-state index contributed by atoms with van der Waals surface area (Å²) in [5, 5.41) is 0. The minimum Gasteiger partial charge on any atom is -0.326 e. The summed E-state index contributed by atoms with van der Waals surface area (Å²) in [4.78, 5) is 4.91. The maximum atomic E-state index is 5.98. The molecule has 3 nitrogen and oxygen atoms in total. The Morgan fingerprint density at radius 1 is 1.27 bits per heavy atom. The van der Waals surface area contributed by atoms with Gasteiger partial charge in [0, 0.05) is 38.3 Å². The molecular weight excluding hydrogens is 138 g/mol. The van der Waals surface area contributed by atoms with Crippen molar-refractivity contribution in [2.75, 3.05) is 33.2 Å². The Labute approximate surface area is 68.1 Å². The lowest BCUT2D eigenvalue weighted by Crippen LogP contribution is -2.53. The Bertz CT molecular complexity index is 148. The van der Waals surface area contributed by atoms with E-state index in [4.69, 9.17) is 5.73 Å². The van der Waals surface area contributed by atoms with Crippen LogP contribution in [0.3, 0.4) is 0 Å². The molecule has 0 aromatic carbocycles. The quantitative estimate of drug-likeness (QED) is 0.504. The van der Waals surface area contributed by atoms with Crippen molar-refractivity contribution < 1.29 is 0 Å². The second kappa shape index (κ2) is 2.73. The molecule has 0 radical (unpaired) electrons. The van der Waals surface area contributed by atoms with Crippen LogP contribution < -0.4 is 5.73 Å². The molecule has 0 spiro atoms. The lowest BCUT2D eigenvalue weighted by atomic mass is 10.1. The number of hydrogen-bond donors (Lipinski definition) is 1. The molecule has 0 aromatic rings. The molecule has 2 N–H and O–H groups in total. The fourth-order valence-electron chi connectivity index (χ4n) is 2.18. The highest BCUT2D eigenvalue weighted by Gasteiger charge is 2.34. The van der Waals surface area contributed by atoms with E-state index in [-0.39, 0.29) is 0 Å². The fourth-order valence-corrected chi connectivity index (χ4v) is 2.18. The first kappa shape index (κ1) is 7.53. The van der Waals surface area contributed by atoms with Crippen molar-refractivity contribution in [1.29, 1.82) is 0 Å². The highest BCUT2D eigenvalue weighted by Crippen LogP contribution is 2.19. The van der Waals surface area contributed by atoms with E-state index in [0.717, 1.165) is 0 Å². The number of hydrogen-bond acceptors (Lipinski definition) is 3. The largest absolute Gasteiger partial charge is 0.326 e.